The maximum atomic E-state index is 11.3. The van der Waals surface area contributed by atoms with Crippen molar-refractivity contribution in [2.75, 3.05) is 11.9 Å². The summed E-state index contributed by atoms with van der Waals surface area (Å²) in [6, 6.07) is 6.92. The van der Waals surface area contributed by atoms with Crippen LogP contribution >= 0.6 is 0 Å². The topological polar surface area (TPSA) is 90.8 Å². The molecule has 0 spiro atoms. The van der Waals surface area contributed by atoms with Crippen molar-refractivity contribution in [1.29, 1.82) is 0 Å². The van der Waals surface area contributed by atoms with Gasteiger partial charge in [-0.05, 0) is 12.1 Å². The van der Waals surface area contributed by atoms with Gasteiger partial charge >= 0.3 is 0 Å². The molecule has 0 unspecified atom stereocenters. The lowest BCUT2D eigenvalue weighted by molar-refractivity contribution is -0.118. The van der Waals surface area contributed by atoms with Crippen LogP contribution in [-0.4, -0.2) is 29.8 Å². The summed E-state index contributed by atoms with van der Waals surface area (Å²) in [5.74, 6) is 4.88. The molecule has 0 saturated carbocycles. The molecule has 0 saturated heterocycles. The van der Waals surface area contributed by atoms with Crippen molar-refractivity contribution in [3.63, 3.8) is 0 Å². The molecule has 6 heteroatoms. The molecule has 3 N–H and O–H groups in total. The summed E-state index contributed by atoms with van der Waals surface area (Å²) in [7, 11) is 0. The van der Waals surface area contributed by atoms with Crippen molar-refractivity contribution < 1.29 is 14.8 Å². The first-order chi connectivity index (χ1) is 9.13. The lowest BCUT2D eigenvalue weighted by atomic mass is 10.2. The molecule has 0 radical (unpaired) electrons. The number of carbonyl (C=O) groups excluding carboxylic acids is 2. The van der Waals surface area contributed by atoms with Gasteiger partial charge in [0, 0.05) is 12.5 Å². The van der Waals surface area contributed by atoms with Gasteiger partial charge in [-0.1, -0.05) is 29.1 Å². The van der Waals surface area contributed by atoms with Crippen molar-refractivity contribution in [1.82, 2.24) is 5.32 Å². The summed E-state index contributed by atoms with van der Waals surface area (Å²) in [6.45, 7) is 1.64. The van der Waals surface area contributed by atoms with Crippen molar-refractivity contribution in [3.05, 3.63) is 29.8 Å². The Morgan fingerprint density at radius 1 is 1.42 bits per heavy atom. The zero-order valence-corrected chi connectivity index (χ0v) is 10.3. The molecule has 0 fully saturated rings. The number of amides is 2. The third kappa shape index (κ3) is 5.37. The minimum Gasteiger partial charge on any atom is -0.411 e. The Kier molecular flexibility index (Phi) is 5.63. The van der Waals surface area contributed by atoms with Gasteiger partial charge in [0.05, 0.1) is 12.2 Å². The Morgan fingerprint density at radius 3 is 2.84 bits per heavy atom. The molecule has 2 amide bonds. The standard InChI is InChI=1S/C13H13N3O3/c1-10(17)14-8-4-6-11-5-2-3-7-12(11)16-13(18)9-15-19/h2-3,5,7,9,19H,8H2,1H3,(H,14,17)(H,16,18). The molecule has 0 aliphatic carbocycles. The number of oxime groups is 1. The summed E-state index contributed by atoms with van der Waals surface area (Å²) in [5.41, 5.74) is 1.11. The van der Waals surface area contributed by atoms with Crippen LogP contribution in [0.4, 0.5) is 5.69 Å². The first kappa shape index (κ1) is 14.3. The highest BCUT2D eigenvalue weighted by Crippen LogP contribution is 2.12. The van der Waals surface area contributed by atoms with Gasteiger partial charge in [-0.25, -0.2) is 0 Å². The van der Waals surface area contributed by atoms with Crippen LogP contribution in [0.25, 0.3) is 0 Å². The minimum absolute atomic E-state index is 0.157. The normalized spacial score (nSPS) is 9.53. The second-order valence-corrected chi connectivity index (χ2v) is 3.49. The van der Waals surface area contributed by atoms with Crippen LogP contribution in [0.5, 0.6) is 0 Å². The maximum absolute atomic E-state index is 11.3. The Balaban J connectivity index is 2.78. The maximum Gasteiger partial charge on any atom is 0.270 e. The number of benzene rings is 1. The molecule has 1 aromatic carbocycles. The van der Waals surface area contributed by atoms with E-state index in [2.05, 4.69) is 27.6 Å². The van der Waals surface area contributed by atoms with Gasteiger partial charge in [0.15, 0.2) is 0 Å². The van der Waals surface area contributed by atoms with Gasteiger partial charge in [-0.3, -0.25) is 9.59 Å². The highest BCUT2D eigenvalue weighted by Gasteiger charge is 2.02. The van der Waals surface area contributed by atoms with E-state index in [0.717, 1.165) is 6.21 Å². The van der Waals surface area contributed by atoms with Gasteiger partial charge in [0.25, 0.3) is 5.91 Å². The van der Waals surface area contributed by atoms with E-state index in [1.165, 1.54) is 6.92 Å². The van der Waals surface area contributed by atoms with Gasteiger partial charge in [0.1, 0.15) is 6.21 Å². The molecule has 0 aromatic heterocycles. The number of rotatable bonds is 3. The van der Waals surface area contributed by atoms with E-state index in [1.807, 2.05) is 0 Å². The molecule has 0 atom stereocenters. The predicted octanol–water partition coefficient (Wildman–Crippen LogP) is 0.573. The van der Waals surface area contributed by atoms with Crippen molar-refractivity contribution in [3.8, 4) is 11.8 Å². The summed E-state index contributed by atoms with van der Waals surface area (Å²) < 4.78 is 0. The summed E-state index contributed by atoms with van der Waals surface area (Å²) in [4.78, 5) is 21.9. The monoisotopic (exact) mass is 259 g/mol. The summed E-state index contributed by atoms with van der Waals surface area (Å²) >= 11 is 0. The fraction of sp³-hybridized carbons (Fsp3) is 0.154. The molecular weight excluding hydrogens is 246 g/mol. The summed E-state index contributed by atoms with van der Waals surface area (Å²) in [6.07, 6.45) is 0.752. The zero-order valence-electron chi connectivity index (χ0n) is 10.3. The Hall–Kier alpha value is -2.81. The SMILES string of the molecule is CC(=O)NCC#Cc1ccccc1NC(=O)C=NO. The number of para-hydroxylation sites is 1. The molecule has 1 aromatic rings. The number of nitrogens with zero attached hydrogens (tertiary/aromatic N) is 1. The number of hydrogen-bond donors (Lipinski definition) is 3. The highest BCUT2D eigenvalue weighted by atomic mass is 16.4. The zero-order chi connectivity index (χ0) is 14.1. The van der Waals surface area contributed by atoms with Crippen LogP contribution in [0.2, 0.25) is 0 Å². The van der Waals surface area contributed by atoms with E-state index < -0.39 is 5.91 Å². The van der Waals surface area contributed by atoms with E-state index in [0.29, 0.717) is 11.3 Å². The van der Waals surface area contributed by atoms with Gasteiger partial charge in [-0.2, -0.15) is 0 Å². The highest BCUT2D eigenvalue weighted by molar-refractivity contribution is 6.31. The fourth-order valence-electron chi connectivity index (χ4n) is 1.23. The molecule has 0 bridgehead atoms. The van der Waals surface area contributed by atoms with E-state index in [1.54, 1.807) is 24.3 Å². The van der Waals surface area contributed by atoms with Crippen LogP contribution < -0.4 is 10.6 Å². The lowest BCUT2D eigenvalue weighted by Crippen LogP contribution is -2.19. The fourth-order valence-corrected chi connectivity index (χ4v) is 1.23. The molecule has 0 aliphatic rings. The van der Waals surface area contributed by atoms with Crippen molar-refractivity contribution in [2.24, 2.45) is 5.16 Å². The second-order valence-electron chi connectivity index (χ2n) is 3.49. The van der Waals surface area contributed by atoms with E-state index >= 15 is 0 Å². The first-order valence-electron chi connectivity index (χ1n) is 5.44. The third-order valence-electron chi connectivity index (χ3n) is 2.01. The van der Waals surface area contributed by atoms with E-state index in [4.69, 9.17) is 5.21 Å². The Morgan fingerprint density at radius 2 is 2.16 bits per heavy atom. The Labute approximate surface area is 110 Å². The summed E-state index contributed by atoms with van der Waals surface area (Å²) in [5, 5.41) is 16.0. The van der Waals surface area contributed by atoms with E-state index in [9.17, 15) is 9.59 Å². The number of hydrogen-bond acceptors (Lipinski definition) is 4. The Bertz CT molecular complexity index is 556. The molecule has 0 aliphatic heterocycles. The molecule has 0 heterocycles. The van der Waals surface area contributed by atoms with Crippen molar-refractivity contribution >= 4 is 23.7 Å². The first-order valence-corrected chi connectivity index (χ1v) is 5.44. The molecule has 98 valence electrons. The van der Waals surface area contributed by atoms with Crippen LogP contribution in [0.3, 0.4) is 0 Å². The molecule has 19 heavy (non-hydrogen) atoms. The molecule has 1 rings (SSSR count). The van der Waals surface area contributed by atoms with Crippen LogP contribution in [-0.2, 0) is 9.59 Å². The number of nitrogens with one attached hydrogen (secondary N) is 2. The molecular formula is C13H13N3O3. The van der Waals surface area contributed by atoms with E-state index in [-0.39, 0.29) is 12.5 Å². The van der Waals surface area contributed by atoms with Crippen LogP contribution in [0.15, 0.2) is 29.4 Å². The van der Waals surface area contributed by atoms with Crippen LogP contribution in [0, 0.1) is 11.8 Å². The largest absolute Gasteiger partial charge is 0.411 e. The van der Waals surface area contributed by atoms with Gasteiger partial charge in [-0.15, -0.1) is 0 Å². The average molecular weight is 259 g/mol. The van der Waals surface area contributed by atoms with Gasteiger partial charge < -0.3 is 15.8 Å². The smallest absolute Gasteiger partial charge is 0.270 e. The van der Waals surface area contributed by atoms with Crippen LogP contribution in [0.1, 0.15) is 12.5 Å². The molecule has 6 nitrogen and oxygen atoms in total. The predicted molar refractivity (Wildman–Crippen MR) is 70.9 cm³/mol. The third-order valence-corrected chi connectivity index (χ3v) is 2.01. The average Bonchev–Trinajstić information content (AvgIpc) is 2.36. The van der Waals surface area contributed by atoms with Gasteiger partial charge in [0.2, 0.25) is 5.91 Å². The number of anilines is 1. The quantitative estimate of drug-likeness (QED) is 0.321. The number of carbonyl (C=O) groups is 2. The van der Waals surface area contributed by atoms with Crippen molar-refractivity contribution in [2.45, 2.75) is 6.92 Å². The second kappa shape index (κ2) is 7.50. The minimum atomic E-state index is -0.557. The lowest BCUT2D eigenvalue weighted by Gasteiger charge is -2.03.